The fraction of sp³-hybridized carbons (Fsp3) is 0.744. The minimum atomic E-state index is -0.721. The van der Waals surface area contributed by atoms with Crippen LogP contribution in [-0.2, 0) is 28.7 Å². The minimum Gasteiger partial charge on any atom is -0.379 e. The predicted molar refractivity (Wildman–Crippen MR) is 197 cm³/mol. The summed E-state index contributed by atoms with van der Waals surface area (Å²) in [5, 5.41) is 9.41. The van der Waals surface area contributed by atoms with E-state index in [2.05, 4.69) is 41.9 Å². The van der Waals surface area contributed by atoms with Crippen LogP contribution >= 0.6 is 0 Å². The standard InChI is InChI=1S/C39H65N5O6/c1-10-27(4)34(43(7)37(47)33(26(2)3)42-38(48)39(6)21-16-22-41-39)31(49-8)25-32(45)44-24-15-19-30(44)35(50-9)28(5)36(46)40-23-20-29-17-13-11-12-14-18-29/h11-14,17-18,26-31,33-35,41H,10,15-16,19-25H2,1-9H3,(H,40,46)(H,42,48). The number of hydrogen-bond acceptors (Lipinski definition) is 7. The number of carbonyl (C=O) groups is 4. The highest BCUT2D eigenvalue weighted by molar-refractivity contribution is 5.92. The second kappa shape index (κ2) is 19.6. The molecule has 0 bridgehead atoms. The highest BCUT2D eigenvalue weighted by Gasteiger charge is 2.44. The van der Waals surface area contributed by atoms with Crippen LogP contribution in [0, 0.1) is 23.7 Å². The normalized spacial score (nSPS) is 24.4. The number of ether oxygens (including phenoxy) is 2. The van der Waals surface area contributed by atoms with Crippen molar-refractivity contribution in [2.45, 2.75) is 122 Å². The number of likely N-dealkylation sites (tertiary alicyclic amines) is 1. The Hall–Kier alpha value is -3.02. The fourth-order valence-corrected chi connectivity index (χ4v) is 7.75. The monoisotopic (exact) mass is 699 g/mol. The Morgan fingerprint density at radius 2 is 1.70 bits per heavy atom. The van der Waals surface area contributed by atoms with Crippen molar-refractivity contribution in [2.24, 2.45) is 23.7 Å². The molecule has 2 saturated heterocycles. The maximum Gasteiger partial charge on any atom is 0.245 e. The summed E-state index contributed by atoms with van der Waals surface area (Å²) in [6.07, 6.45) is 16.1. The Bertz CT molecular complexity index is 1210. The van der Waals surface area contributed by atoms with E-state index in [0.29, 0.717) is 13.1 Å². The predicted octanol–water partition coefficient (Wildman–Crippen LogP) is 3.99. The number of nitrogens with zero attached hydrogens (tertiary/aromatic N) is 2. The molecule has 1 aliphatic carbocycles. The van der Waals surface area contributed by atoms with Gasteiger partial charge in [0.2, 0.25) is 23.6 Å². The Labute approximate surface area is 301 Å². The lowest BCUT2D eigenvalue weighted by Crippen LogP contribution is -2.61. The maximum absolute atomic E-state index is 14.1. The van der Waals surface area contributed by atoms with Crippen LogP contribution in [-0.4, -0.2) is 110 Å². The van der Waals surface area contributed by atoms with E-state index in [-0.39, 0.29) is 53.8 Å². The molecular formula is C39H65N5O6. The van der Waals surface area contributed by atoms with E-state index < -0.39 is 35.7 Å². The lowest BCUT2D eigenvalue weighted by Gasteiger charge is -2.41. The molecule has 8 unspecified atom stereocenters. The first kappa shape index (κ1) is 41.4. The summed E-state index contributed by atoms with van der Waals surface area (Å²) in [6, 6.07) is -1.38. The van der Waals surface area contributed by atoms with Gasteiger partial charge in [-0.3, -0.25) is 19.2 Å². The number of rotatable bonds is 18. The molecule has 50 heavy (non-hydrogen) atoms. The van der Waals surface area contributed by atoms with Gasteiger partial charge >= 0.3 is 0 Å². The number of hydrogen-bond donors (Lipinski definition) is 3. The third kappa shape index (κ3) is 10.5. The van der Waals surface area contributed by atoms with Crippen LogP contribution < -0.4 is 16.0 Å². The summed E-state index contributed by atoms with van der Waals surface area (Å²) in [7, 11) is 4.95. The van der Waals surface area contributed by atoms with Crippen LogP contribution in [0.15, 0.2) is 36.5 Å². The molecular weight excluding hydrogens is 634 g/mol. The van der Waals surface area contributed by atoms with E-state index in [1.165, 1.54) is 0 Å². The molecule has 2 heterocycles. The summed E-state index contributed by atoms with van der Waals surface area (Å²) >= 11 is 0. The molecule has 11 heteroatoms. The highest BCUT2D eigenvalue weighted by Crippen LogP contribution is 2.30. The first-order chi connectivity index (χ1) is 23.8. The van der Waals surface area contributed by atoms with E-state index in [1.54, 1.807) is 26.2 Å². The van der Waals surface area contributed by atoms with E-state index in [1.807, 2.05) is 56.9 Å². The first-order valence-electron chi connectivity index (χ1n) is 18.8. The largest absolute Gasteiger partial charge is 0.379 e. The summed E-state index contributed by atoms with van der Waals surface area (Å²) in [5.74, 6) is -0.866. The van der Waals surface area contributed by atoms with Crippen LogP contribution in [0.5, 0.6) is 0 Å². The topological polar surface area (TPSA) is 129 Å². The maximum atomic E-state index is 14.1. The molecule has 0 aromatic carbocycles. The number of amides is 4. The number of likely N-dealkylation sites (N-methyl/N-ethyl adjacent to an activating group) is 1. The number of methoxy groups -OCH3 is 2. The smallest absolute Gasteiger partial charge is 0.245 e. The molecule has 0 aromatic heterocycles. The molecule has 0 spiro atoms. The summed E-state index contributed by atoms with van der Waals surface area (Å²) < 4.78 is 11.9. The number of nitrogens with one attached hydrogen (secondary N) is 3. The van der Waals surface area contributed by atoms with Crippen molar-refractivity contribution >= 4 is 23.6 Å². The van der Waals surface area contributed by atoms with Crippen LogP contribution in [0.3, 0.4) is 0 Å². The SMILES string of the molecule is CCC(C)C(C(CC(=O)N1CCCC1C(OC)C(C)C(=O)NCCC1C=CC=CC=C1)OC)N(C)C(=O)C(NC(=O)C1(C)CCCN1)C(C)C. The Morgan fingerprint density at radius 3 is 2.26 bits per heavy atom. The van der Waals surface area contributed by atoms with E-state index in [0.717, 1.165) is 45.1 Å². The summed E-state index contributed by atoms with van der Waals surface area (Å²) in [4.78, 5) is 58.4. The summed E-state index contributed by atoms with van der Waals surface area (Å²) in [6.45, 7) is 13.6. The molecule has 3 aliphatic rings. The molecule has 11 nitrogen and oxygen atoms in total. The molecule has 0 aromatic rings. The molecule has 282 valence electrons. The molecule has 2 fully saturated rings. The van der Waals surface area contributed by atoms with Gasteiger partial charge in [-0.1, -0.05) is 77.5 Å². The van der Waals surface area contributed by atoms with Gasteiger partial charge in [-0.15, -0.1) is 0 Å². The van der Waals surface area contributed by atoms with Gasteiger partial charge in [-0.2, -0.15) is 0 Å². The van der Waals surface area contributed by atoms with Crippen LogP contribution in [0.2, 0.25) is 0 Å². The molecule has 0 radical (unpaired) electrons. The van der Waals surface area contributed by atoms with Gasteiger partial charge in [0.25, 0.3) is 0 Å². The van der Waals surface area contributed by atoms with Crippen LogP contribution in [0.4, 0.5) is 0 Å². The highest BCUT2D eigenvalue weighted by atomic mass is 16.5. The number of allylic oxidation sites excluding steroid dienone is 6. The molecule has 4 amide bonds. The quantitative estimate of drug-likeness (QED) is 0.197. The van der Waals surface area contributed by atoms with Gasteiger partial charge < -0.3 is 35.2 Å². The average Bonchev–Trinajstić information content (AvgIpc) is 3.69. The van der Waals surface area contributed by atoms with Crippen molar-refractivity contribution in [1.82, 2.24) is 25.8 Å². The van der Waals surface area contributed by atoms with Gasteiger partial charge in [0.15, 0.2) is 0 Å². The zero-order valence-electron chi connectivity index (χ0n) is 32.1. The molecule has 3 N–H and O–H groups in total. The van der Waals surface area contributed by atoms with Gasteiger partial charge in [-0.25, -0.2) is 0 Å². The van der Waals surface area contributed by atoms with E-state index >= 15 is 0 Å². The van der Waals surface area contributed by atoms with Crippen LogP contribution in [0.1, 0.15) is 86.5 Å². The zero-order chi connectivity index (χ0) is 37.0. The average molecular weight is 700 g/mol. The van der Waals surface area contributed by atoms with Crippen molar-refractivity contribution in [3.63, 3.8) is 0 Å². The van der Waals surface area contributed by atoms with Crippen LogP contribution in [0.25, 0.3) is 0 Å². The molecule has 2 aliphatic heterocycles. The Morgan fingerprint density at radius 1 is 1.02 bits per heavy atom. The summed E-state index contributed by atoms with van der Waals surface area (Å²) in [5.41, 5.74) is -0.699. The fourth-order valence-electron chi connectivity index (χ4n) is 7.75. The third-order valence-corrected chi connectivity index (χ3v) is 11.2. The molecule has 0 saturated carbocycles. The third-order valence-electron chi connectivity index (χ3n) is 11.2. The van der Waals surface area contributed by atoms with E-state index in [4.69, 9.17) is 9.47 Å². The van der Waals surface area contributed by atoms with Crippen molar-refractivity contribution < 1.29 is 28.7 Å². The van der Waals surface area contributed by atoms with Gasteiger partial charge in [0.1, 0.15) is 6.04 Å². The second-order valence-corrected chi connectivity index (χ2v) is 15.0. The van der Waals surface area contributed by atoms with Crippen molar-refractivity contribution in [2.75, 3.05) is 40.9 Å². The van der Waals surface area contributed by atoms with Crippen molar-refractivity contribution in [3.05, 3.63) is 36.5 Å². The second-order valence-electron chi connectivity index (χ2n) is 15.0. The van der Waals surface area contributed by atoms with Gasteiger partial charge in [0.05, 0.1) is 42.2 Å². The lowest BCUT2D eigenvalue weighted by atomic mass is 9.89. The molecule has 3 rings (SSSR count). The first-order valence-corrected chi connectivity index (χ1v) is 18.8. The van der Waals surface area contributed by atoms with Gasteiger partial charge in [-0.05, 0) is 63.3 Å². The Kier molecular flexibility index (Phi) is 16.2. The zero-order valence-corrected chi connectivity index (χ0v) is 32.1. The minimum absolute atomic E-state index is 0.0179. The van der Waals surface area contributed by atoms with Crippen molar-refractivity contribution in [3.8, 4) is 0 Å². The molecule has 8 atom stereocenters. The van der Waals surface area contributed by atoms with Gasteiger partial charge in [0, 0.05) is 34.4 Å². The Balaban J connectivity index is 1.70. The lowest BCUT2D eigenvalue weighted by molar-refractivity contribution is -0.148. The van der Waals surface area contributed by atoms with E-state index in [9.17, 15) is 19.2 Å². The number of carbonyl (C=O) groups excluding carboxylic acids is 4. The van der Waals surface area contributed by atoms with Crippen molar-refractivity contribution in [1.29, 1.82) is 0 Å².